The molecule has 0 saturated carbocycles. The summed E-state index contributed by atoms with van der Waals surface area (Å²) in [4.78, 5) is 44.0. The fraction of sp³-hybridized carbons (Fsp3) is 0.524. The number of rotatable bonds is 13. The number of hydrogen-bond donors (Lipinski definition) is 4. The number of carbonyl (C=O) groups excluding carboxylic acids is 3. The number of amides is 2. The number of likely N-dealkylation sites (N-methyl/N-ethyl adjacent to an activating group) is 1. The number of nitrogens with zero attached hydrogens (tertiary/aromatic N) is 2. The number of Topliss-reactive ketones (excluding diaryl/α,β-unsaturated/α-hetero) is 1. The summed E-state index contributed by atoms with van der Waals surface area (Å²) in [6.45, 7) is 5.84. The van der Waals surface area contributed by atoms with Gasteiger partial charge in [-0.3, -0.25) is 19.4 Å². The zero-order valence-electron chi connectivity index (χ0n) is 18.5. The number of hydrogen-bond acceptors (Lipinski definition) is 6. The van der Waals surface area contributed by atoms with E-state index in [0.717, 1.165) is 4.90 Å². The monoisotopic (exact) mass is 450 g/mol. The quantitative estimate of drug-likeness (QED) is 0.115. The summed E-state index contributed by atoms with van der Waals surface area (Å²) in [6.07, 6.45) is 1.35. The van der Waals surface area contributed by atoms with Crippen molar-refractivity contribution in [3.05, 3.63) is 24.3 Å². The Morgan fingerprint density at radius 3 is 2.42 bits per heavy atom. The van der Waals surface area contributed by atoms with Gasteiger partial charge in [0, 0.05) is 30.6 Å². The second-order valence-corrected chi connectivity index (χ2v) is 8.05. The number of aliphatic imine (C=N–C) groups is 1. The minimum absolute atomic E-state index is 0.0203. The van der Waals surface area contributed by atoms with E-state index in [2.05, 4.69) is 10.3 Å². The Kier molecular flexibility index (Phi) is 11.5. The van der Waals surface area contributed by atoms with Crippen LogP contribution in [0.3, 0.4) is 0 Å². The SMILES string of the molecule is CC[C@@H](C(=O)N[C@@H](CCCN=C(N)N)C(=O)CSc1ccccc1N)N(CC)C(C)=O. The first-order valence-corrected chi connectivity index (χ1v) is 11.3. The largest absolute Gasteiger partial charge is 0.398 e. The van der Waals surface area contributed by atoms with Crippen molar-refractivity contribution in [2.45, 2.75) is 57.0 Å². The average molecular weight is 451 g/mol. The van der Waals surface area contributed by atoms with Crippen LogP contribution in [-0.2, 0) is 14.4 Å². The number of nitrogen functional groups attached to an aromatic ring is 1. The van der Waals surface area contributed by atoms with Crippen LogP contribution in [0.2, 0.25) is 0 Å². The van der Waals surface area contributed by atoms with E-state index in [1.54, 1.807) is 6.07 Å². The zero-order chi connectivity index (χ0) is 23.4. The van der Waals surface area contributed by atoms with Crippen LogP contribution in [0, 0.1) is 0 Å². The van der Waals surface area contributed by atoms with Crippen molar-refractivity contribution < 1.29 is 14.4 Å². The van der Waals surface area contributed by atoms with Crippen molar-refractivity contribution >= 4 is 41.0 Å². The lowest BCUT2D eigenvalue weighted by molar-refractivity contribution is -0.139. The molecule has 0 spiro atoms. The van der Waals surface area contributed by atoms with Crippen molar-refractivity contribution in [3.63, 3.8) is 0 Å². The fourth-order valence-electron chi connectivity index (χ4n) is 3.16. The summed E-state index contributed by atoms with van der Waals surface area (Å²) in [5, 5.41) is 2.84. The van der Waals surface area contributed by atoms with E-state index in [0.29, 0.717) is 38.0 Å². The third-order valence-corrected chi connectivity index (χ3v) is 5.86. The maximum absolute atomic E-state index is 12.9. The van der Waals surface area contributed by atoms with E-state index in [-0.39, 0.29) is 29.3 Å². The Morgan fingerprint density at radius 1 is 1.19 bits per heavy atom. The molecule has 0 aliphatic carbocycles. The number of carbonyl (C=O) groups is 3. The average Bonchev–Trinajstić information content (AvgIpc) is 2.72. The highest BCUT2D eigenvalue weighted by Gasteiger charge is 2.29. The molecular weight excluding hydrogens is 416 g/mol. The lowest BCUT2D eigenvalue weighted by Gasteiger charge is -2.29. The third kappa shape index (κ3) is 8.87. The molecule has 2 atom stereocenters. The van der Waals surface area contributed by atoms with Gasteiger partial charge >= 0.3 is 0 Å². The second kappa shape index (κ2) is 13.5. The van der Waals surface area contributed by atoms with Gasteiger partial charge in [-0.25, -0.2) is 0 Å². The van der Waals surface area contributed by atoms with Crippen molar-refractivity contribution in [2.75, 3.05) is 24.6 Å². The Morgan fingerprint density at radius 2 is 1.87 bits per heavy atom. The van der Waals surface area contributed by atoms with Crippen LogP contribution in [0.5, 0.6) is 0 Å². The summed E-state index contributed by atoms with van der Waals surface area (Å²) >= 11 is 1.33. The first-order valence-electron chi connectivity index (χ1n) is 10.3. The zero-order valence-corrected chi connectivity index (χ0v) is 19.3. The van der Waals surface area contributed by atoms with E-state index in [4.69, 9.17) is 17.2 Å². The lowest BCUT2D eigenvalue weighted by Crippen LogP contribution is -2.53. The van der Waals surface area contributed by atoms with Crippen LogP contribution in [0.1, 0.15) is 40.0 Å². The summed E-state index contributed by atoms with van der Waals surface area (Å²) in [6, 6.07) is 5.96. The van der Waals surface area contributed by atoms with Crippen molar-refractivity contribution in [1.82, 2.24) is 10.2 Å². The minimum Gasteiger partial charge on any atom is -0.398 e. The number of benzene rings is 1. The smallest absolute Gasteiger partial charge is 0.243 e. The molecule has 0 saturated heterocycles. The number of guanidine groups is 1. The van der Waals surface area contributed by atoms with E-state index < -0.39 is 12.1 Å². The Bertz CT molecular complexity index is 782. The molecular formula is C21H34N6O3S. The molecule has 10 heteroatoms. The van der Waals surface area contributed by atoms with Crippen LogP contribution in [-0.4, -0.2) is 59.4 Å². The number of para-hydroxylation sites is 1. The standard InChI is InChI=1S/C21H34N6O3S/c1-4-17(27(5-2)14(3)28)20(30)26-16(10-8-12-25-21(23)24)18(29)13-31-19-11-7-6-9-15(19)22/h6-7,9,11,16-17H,4-5,8,10,12-13,22H2,1-3H3,(H,26,30)(H4,23,24,25)/t16-,17-/m0/s1. The lowest BCUT2D eigenvalue weighted by atomic mass is 10.1. The number of thioether (sulfide) groups is 1. The van der Waals surface area contributed by atoms with Gasteiger partial charge in [-0.2, -0.15) is 0 Å². The Labute approximate surface area is 188 Å². The van der Waals surface area contributed by atoms with Gasteiger partial charge in [-0.15, -0.1) is 11.8 Å². The summed E-state index contributed by atoms with van der Waals surface area (Å²) in [5.74, 6) is -0.526. The topological polar surface area (TPSA) is 157 Å². The molecule has 0 aliphatic heterocycles. The molecule has 0 bridgehead atoms. The Hall–Kier alpha value is -2.75. The minimum atomic E-state index is -0.709. The van der Waals surface area contributed by atoms with Gasteiger partial charge in [0.05, 0.1) is 11.8 Å². The van der Waals surface area contributed by atoms with Crippen LogP contribution in [0.15, 0.2) is 34.2 Å². The predicted molar refractivity (Wildman–Crippen MR) is 126 cm³/mol. The number of anilines is 1. The van der Waals surface area contributed by atoms with E-state index in [1.807, 2.05) is 32.0 Å². The summed E-state index contributed by atoms with van der Waals surface area (Å²) in [5.41, 5.74) is 17.2. The molecule has 31 heavy (non-hydrogen) atoms. The van der Waals surface area contributed by atoms with Gasteiger partial charge in [0.1, 0.15) is 6.04 Å². The van der Waals surface area contributed by atoms with Crippen LogP contribution in [0.25, 0.3) is 0 Å². The molecule has 1 aromatic carbocycles. The van der Waals surface area contributed by atoms with Crippen LogP contribution < -0.4 is 22.5 Å². The second-order valence-electron chi connectivity index (χ2n) is 7.03. The predicted octanol–water partition coefficient (Wildman–Crippen LogP) is 1.12. The molecule has 0 aliphatic rings. The molecule has 1 aromatic rings. The van der Waals surface area contributed by atoms with E-state index in [1.165, 1.54) is 23.6 Å². The van der Waals surface area contributed by atoms with Gasteiger partial charge in [0.25, 0.3) is 0 Å². The Balaban J connectivity index is 2.89. The molecule has 0 radical (unpaired) electrons. The maximum Gasteiger partial charge on any atom is 0.243 e. The highest BCUT2D eigenvalue weighted by molar-refractivity contribution is 8.00. The number of ketones is 1. The highest BCUT2D eigenvalue weighted by Crippen LogP contribution is 2.24. The summed E-state index contributed by atoms with van der Waals surface area (Å²) in [7, 11) is 0. The molecule has 2 amide bonds. The highest BCUT2D eigenvalue weighted by atomic mass is 32.2. The molecule has 0 unspecified atom stereocenters. The first kappa shape index (κ1) is 26.3. The van der Waals surface area contributed by atoms with E-state index >= 15 is 0 Å². The number of nitrogens with one attached hydrogen (secondary N) is 1. The van der Waals surface area contributed by atoms with Gasteiger partial charge < -0.3 is 27.4 Å². The first-order chi connectivity index (χ1) is 14.7. The molecule has 0 heterocycles. The third-order valence-electron chi connectivity index (χ3n) is 4.75. The van der Waals surface area contributed by atoms with E-state index in [9.17, 15) is 14.4 Å². The number of nitrogens with two attached hydrogens (primary N) is 3. The molecule has 0 aromatic heterocycles. The van der Waals surface area contributed by atoms with Crippen molar-refractivity contribution in [3.8, 4) is 0 Å². The van der Waals surface area contributed by atoms with Gasteiger partial charge in [-0.1, -0.05) is 19.1 Å². The molecule has 1 rings (SSSR count). The van der Waals surface area contributed by atoms with Crippen molar-refractivity contribution in [2.24, 2.45) is 16.5 Å². The summed E-state index contributed by atoms with van der Waals surface area (Å²) < 4.78 is 0. The molecule has 7 N–H and O–H groups in total. The van der Waals surface area contributed by atoms with Crippen molar-refractivity contribution in [1.29, 1.82) is 0 Å². The molecule has 9 nitrogen and oxygen atoms in total. The van der Waals surface area contributed by atoms with Gasteiger partial charge in [-0.05, 0) is 38.3 Å². The molecule has 0 fully saturated rings. The maximum atomic E-state index is 12.9. The van der Waals surface area contributed by atoms with Gasteiger partial charge in [0.15, 0.2) is 11.7 Å². The van der Waals surface area contributed by atoms with Crippen LogP contribution in [0.4, 0.5) is 5.69 Å². The normalized spacial score (nSPS) is 12.5. The van der Waals surface area contributed by atoms with Gasteiger partial charge in [0.2, 0.25) is 11.8 Å². The fourth-order valence-corrected chi connectivity index (χ4v) is 4.06. The van der Waals surface area contributed by atoms with Crippen LogP contribution >= 0.6 is 11.8 Å². The molecule has 172 valence electrons.